The Morgan fingerprint density at radius 3 is 2.61 bits per heavy atom. The molecule has 0 radical (unpaired) electrons. The standard InChI is InChI=1S/C26H26BrF2N5O2/c27-21-16-31-34-24(14-22(32-25(21)34)20-9-4-5-10-23(20)35)30-11-6-12-33(17-29)26(36)19(15-28)13-18-7-2-1-3-8-18/h1-5,7-10,14,16,19,30,35H,6,11-13,15,17H2. The number of halogens is 3. The molecule has 2 N–H and O–H groups in total. The average molecular weight is 558 g/mol. The van der Waals surface area contributed by atoms with E-state index in [9.17, 15) is 18.7 Å². The Hall–Kier alpha value is -3.53. The minimum absolute atomic E-state index is 0.103. The van der Waals surface area contributed by atoms with Crippen LogP contribution in [-0.4, -0.2) is 57.1 Å². The Bertz CT molecular complexity index is 1320. The zero-order valence-corrected chi connectivity index (χ0v) is 21.0. The number of hydrogen-bond donors (Lipinski definition) is 2. The van der Waals surface area contributed by atoms with Gasteiger partial charge in [-0.3, -0.25) is 9.18 Å². The number of carbonyl (C=O) groups is 1. The third-order valence-electron chi connectivity index (χ3n) is 5.84. The average Bonchev–Trinajstić information content (AvgIpc) is 3.28. The lowest BCUT2D eigenvalue weighted by molar-refractivity contribution is -0.138. The van der Waals surface area contributed by atoms with Crippen LogP contribution in [0.2, 0.25) is 0 Å². The van der Waals surface area contributed by atoms with E-state index in [2.05, 4.69) is 31.3 Å². The Labute approximate surface area is 215 Å². The Kier molecular flexibility index (Phi) is 8.48. The number of aromatic hydroxyl groups is 1. The smallest absolute Gasteiger partial charge is 0.230 e. The van der Waals surface area contributed by atoms with Gasteiger partial charge in [-0.1, -0.05) is 42.5 Å². The van der Waals surface area contributed by atoms with Gasteiger partial charge in [0, 0.05) is 24.7 Å². The Morgan fingerprint density at radius 2 is 1.89 bits per heavy atom. The van der Waals surface area contributed by atoms with Crippen molar-refractivity contribution in [1.29, 1.82) is 0 Å². The number of anilines is 1. The van der Waals surface area contributed by atoms with Gasteiger partial charge in [0.15, 0.2) is 12.4 Å². The third kappa shape index (κ3) is 5.81. The second kappa shape index (κ2) is 11.9. The minimum Gasteiger partial charge on any atom is -0.507 e. The number of benzene rings is 2. The summed E-state index contributed by atoms with van der Waals surface area (Å²) >= 11 is 3.44. The van der Waals surface area contributed by atoms with Crippen LogP contribution >= 0.6 is 15.9 Å². The van der Waals surface area contributed by atoms with Gasteiger partial charge in [-0.25, -0.2) is 9.37 Å². The van der Waals surface area contributed by atoms with Gasteiger partial charge in [0.2, 0.25) is 5.91 Å². The van der Waals surface area contributed by atoms with Gasteiger partial charge in [-0.15, -0.1) is 0 Å². The second-order valence-corrected chi connectivity index (χ2v) is 9.17. The molecule has 0 spiro atoms. The van der Waals surface area contributed by atoms with Crippen LogP contribution < -0.4 is 5.32 Å². The second-order valence-electron chi connectivity index (χ2n) is 8.31. The molecular weight excluding hydrogens is 532 g/mol. The highest BCUT2D eigenvalue weighted by Gasteiger charge is 2.24. The van der Waals surface area contributed by atoms with Crippen molar-refractivity contribution in [1.82, 2.24) is 19.5 Å². The molecule has 0 saturated heterocycles. The third-order valence-corrected chi connectivity index (χ3v) is 6.40. The highest BCUT2D eigenvalue weighted by Crippen LogP contribution is 2.31. The number of phenols is 1. The molecule has 1 atom stereocenters. The highest BCUT2D eigenvalue weighted by molar-refractivity contribution is 9.10. The molecular formula is C26H26BrF2N5O2. The van der Waals surface area contributed by atoms with Crippen molar-refractivity contribution in [2.75, 3.05) is 31.9 Å². The Balaban J connectivity index is 1.42. The summed E-state index contributed by atoms with van der Waals surface area (Å²) in [6.45, 7) is -1.29. The van der Waals surface area contributed by atoms with E-state index in [0.29, 0.717) is 40.2 Å². The number of hydrogen-bond acceptors (Lipinski definition) is 5. The van der Waals surface area contributed by atoms with Crippen LogP contribution in [0.5, 0.6) is 5.75 Å². The van der Waals surface area contributed by atoms with Crippen LogP contribution in [0.4, 0.5) is 14.6 Å². The van der Waals surface area contributed by atoms with E-state index in [0.717, 1.165) is 10.5 Å². The first-order chi connectivity index (χ1) is 17.5. The van der Waals surface area contributed by atoms with E-state index in [1.54, 1.807) is 35.0 Å². The van der Waals surface area contributed by atoms with Gasteiger partial charge in [0.1, 0.15) is 18.2 Å². The summed E-state index contributed by atoms with van der Waals surface area (Å²) in [6.07, 6.45) is 2.27. The molecule has 36 heavy (non-hydrogen) atoms. The lowest BCUT2D eigenvalue weighted by Gasteiger charge is -2.23. The molecule has 0 bridgehead atoms. The van der Waals surface area contributed by atoms with Crippen molar-refractivity contribution in [3.63, 3.8) is 0 Å². The quantitative estimate of drug-likeness (QED) is 0.194. The SMILES string of the molecule is O=C(C(CF)Cc1ccccc1)N(CF)CCCNc1cc(-c2ccccc2O)nc2c(Br)cnn12. The molecule has 0 saturated carbocycles. The Morgan fingerprint density at radius 1 is 1.14 bits per heavy atom. The molecule has 4 rings (SSSR count). The predicted octanol–water partition coefficient (Wildman–Crippen LogP) is 5.25. The molecule has 4 aromatic rings. The van der Waals surface area contributed by atoms with Crippen molar-refractivity contribution in [2.45, 2.75) is 12.8 Å². The molecule has 0 aliphatic rings. The molecule has 7 nitrogen and oxygen atoms in total. The molecule has 0 aliphatic heterocycles. The normalized spacial score (nSPS) is 12.0. The van der Waals surface area contributed by atoms with Gasteiger partial charge in [-0.2, -0.15) is 9.61 Å². The monoisotopic (exact) mass is 557 g/mol. The maximum Gasteiger partial charge on any atom is 0.230 e. The molecule has 1 amide bonds. The summed E-state index contributed by atoms with van der Waals surface area (Å²) in [6, 6.07) is 17.8. The van der Waals surface area contributed by atoms with Gasteiger partial charge < -0.3 is 15.3 Å². The molecule has 2 aromatic carbocycles. The van der Waals surface area contributed by atoms with Crippen molar-refractivity contribution in [2.24, 2.45) is 5.92 Å². The van der Waals surface area contributed by atoms with Crippen LogP contribution in [0, 0.1) is 5.92 Å². The maximum absolute atomic E-state index is 13.7. The van der Waals surface area contributed by atoms with E-state index < -0.39 is 25.3 Å². The summed E-state index contributed by atoms with van der Waals surface area (Å²) in [5.41, 5.74) is 2.52. The van der Waals surface area contributed by atoms with Crippen molar-refractivity contribution in [3.05, 3.63) is 76.9 Å². The van der Waals surface area contributed by atoms with E-state index in [1.165, 1.54) is 0 Å². The van der Waals surface area contributed by atoms with E-state index in [1.807, 2.05) is 36.4 Å². The fourth-order valence-corrected chi connectivity index (χ4v) is 4.32. The summed E-state index contributed by atoms with van der Waals surface area (Å²) in [7, 11) is 0. The fourth-order valence-electron chi connectivity index (χ4n) is 3.97. The van der Waals surface area contributed by atoms with Gasteiger partial charge >= 0.3 is 0 Å². The number of nitrogens with zero attached hydrogens (tertiary/aromatic N) is 4. The number of aromatic nitrogens is 3. The number of nitrogens with one attached hydrogen (secondary N) is 1. The molecule has 1 unspecified atom stereocenters. The van der Waals surface area contributed by atoms with Crippen LogP contribution in [0.15, 0.2) is 71.3 Å². The number of para-hydroxylation sites is 1. The first-order valence-electron chi connectivity index (χ1n) is 11.5. The van der Waals surface area contributed by atoms with Crippen molar-refractivity contribution in [3.8, 4) is 17.0 Å². The van der Waals surface area contributed by atoms with Crippen LogP contribution in [0.25, 0.3) is 16.9 Å². The number of fused-ring (bicyclic) bond motifs is 1. The maximum atomic E-state index is 13.7. The lowest BCUT2D eigenvalue weighted by Crippen LogP contribution is -2.38. The van der Waals surface area contributed by atoms with E-state index in [4.69, 9.17) is 0 Å². The van der Waals surface area contributed by atoms with Gasteiger partial charge in [0.05, 0.1) is 22.3 Å². The fraction of sp³-hybridized carbons (Fsp3) is 0.269. The lowest BCUT2D eigenvalue weighted by atomic mass is 9.99. The molecule has 0 fully saturated rings. The zero-order chi connectivity index (χ0) is 25.5. The summed E-state index contributed by atoms with van der Waals surface area (Å²) in [5, 5.41) is 17.8. The van der Waals surface area contributed by atoms with Gasteiger partial charge in [0.25, 0.3) is 0 Å². The van der Waals surface area contributed by atoms with Crippen LogP contribution in [0.3, 0.4) is 0 Å². The summed E-state index contributed by atoms with van der Waals surface area (Å²) < 4.78 is 29.6. The van der Waals surface area contributed by atoms with Crippen LogP contribution in [-0.2, 0) is 11.2 Å². The first kappa shape index (κ1) is 25.6. The number of phenolic OH excluding ortho intramolecular Hbond substituents is 1. The largest absolute Gasteiger partial charge is 0.507 e. The summed E-state index contributed by atoms with van der Waals surface area (Å²) in [5.74, 6) is -0.731. The molecule has 2 heterocycles. The van der Waals surface area contributed by atoms with E-state index >= 15 is 0 Å². The minimum atomic E-state index is -0.979. The molecule has 188 valence electrons. The summed E-state index contributed by atoms with van der Waals surface area (Å²) in [4.78, 5) is 18.4. The number of amides is 1. The number of carbonyl (C=O) groups excluding carboxylic acids is 1. The zero-order valence-electron chi connectivity index (χ0n) is 19.4. The highest BCUT2D eigenvalue weighted by atomic mass is 79.9. The predicted molar refractivity (Wildman–Crippen MR) is 138 cm³/mol. The molecule has 2 aromatic heterocycles. The topological polar surface area (TPSA) is 82.8 Å². The molecule has 0 aliphatic carbocycles. The van der Waals surface area contributed by atoms with Crippen molar-refractivity contribution < 1.29 is 18.7 Å². The van der Waals surface area contributed by atoms with Crippen LogP contribution in [0.1, 0.15) is 12.0 Å². The van der Waals surface area contributed by atoms with Gasteiger partial charge in [-0.05, 0) is 46.5 Å². The number of rotatable bonds is 11. The number of alkyl halides is 2. The van der Waals surface area contributed by atoms with Crippen molar-refractivity contribution >= 4 is 33.3 Å². The molecule has 10 heteroatoms. The first-order valence-corrected chi connectivity index (χ1v) is 12.3. The van der Waals surface area contributed by atoms with E-state index in [-0.39, 0.29) is 18.7 Å².